The molecule has 1 amide bonds. The molecule has 9 nitrogen and oxygen atoms in total. The van der Waals surface area contributed by atoms with Gasteiger partial charge in [0.1, 0.15) is 17.4 Å². The first kappa shape index (κ1) is 33.8. The first-order valence-corrected chi connectivity index (χ1v) is 16.6. The van der Waals surface area contributed by atoms with Crippen molar-refractivity contribution in [1.82, 2.24) is 24.8 Å². The molecule has 2 aromatic heterocycles. The lowest BCUT2D eigenvalue weighted by molar-refractivity contribution is -0.137. The van der Waals surface area contributed by atoms with Crippen molar-refractivity contribution >= 4 is 22.9 Å². The van der Waals surface area contributed by atoms with E-state index in [1.807, 2.05) is 24.3 Å². The number of aliphatic carboxylic acids is 1. The van der Waals surface area contributed by atoms with E-state index in [2.05, 4.69) is 40.7 Å². The van der Waals surface area contributed by atoms with Crippen LogP contribution in [0.15, 0.2) is 61.1 Å². The number of halogens is 2. The van der Waals surface area contributed by atoms with Gasteiger partial charge in [-0.2, -0.15) is 0 Å². The molecule has 3 heterocycles. The zero-order chi connectivity index (χ0) is 34.9. The van der Waals surface area contributed by atoms with Crippen LogP contribution in [-0.4, -0.2) is 55.4 Å². The first-order chi connectivity index (χ1) is 23.3. The van der Waals surface area contributed by atoms with Crippen molar-refractivity contribution in [2.75, 3.05) is 13.6 Å². The Balaban J connectivity index is 1.45. The van der Waals surface area contributed by atoms with Crippen molar-refractivity contribution in [3.8, 4) is 22.9 Å². The molecule has 0 spiro atoms. The summed E-state index contributed by atoms with van der Waals surface area (Å²) in [5.41, 5.74) is 3.44. The normalized spacial score (nSPS) is 18.7. The lowest BCUT2D eigenvalue weighted by Gasteiger charge is -2.34. The van der Waals surface area contributed by atoms with Gasteiger partial charge in [0.15, 0.2) is 11.6 Å². The molecule has 4 bridgehead atoms. The molecule has 0 aliphatic carbocycles. The fraction of sp³-hybridized carbons (Fsp3) is 0.368. The number of aromatic amines is 2. The lowest BCUT2D eigenvalue weighted by atomic mass is 9.73. The number of ether oxygens (including phenoxy) is 1. The van der Waals surface area contributed by atoms with Gasteiger partial charge in [0, 0.05) is 55.4 Å². The summed E-state index contributed by atoms with van der Waals surface area (Å²) in [5, 5.41) is 9.27. The second kappa shape index (κ2) is 13.4. The summed E-state index contributed by atoms with van der Waals surface area (Å²) >= 11 is 0. The number of hydrogen-bond donors (Lipinski definition) is 3. The Kier molecular flexibility index (Phi) is 9.28. The number of carbonyl (C=O) groups is 2. The van der Waals surface area contributed by atoms with Gasteiger partial charge in [0.25, 0.3) is 0 Å². The summed E-state index contributed by atoms with van der Waals surface area (Å²) in [5.74, 6) is -1.69. The Hall–Kier alpha value is -5.06. The molecular weight excluding hydrogens is 628 g/mol. The maximum atomic E-state index is 15.6. The van der Waals surface area contributed by atoms with Gasteiger partial charge in [-0.1, -0.05) is 44.5 Å². The van der Waals surface area contributed by atoms with Gasteiger partial charge < -0.3 is 24.7 Å². The minimum atomic E-state index is -0.860. The highest BCUT2D eigenvalue weighted by Gasteiger charge is 2.33. The van der Waals surface area contributed by atoms with Gasteiger partial charge in [0.05, 0.1) is 22.9 Å². The fourth-order valence-corrected chi connectivity index (χ4v) is 6.96. The van der Waals surface area contributed by atoms with Crippen LogP contribution >= 0.6 is 0 Å². The fourth-order valence-electron chi connectivity index (χ4n) is 6.96. The van der Waals surface area contributed by atoms with Crippen molar-refractivity contribution in [1.29, 1.82) is 0 Å². The molecule has 256 valence electrons. The second-order valence-electron chi connectivity index (χ2n) is 14.0. The van der Waals surface area contributed by atoms with Gasteiger partial charge in [0.2, 0.25) is 5.91 Å². The zero-order valence-electron chi connectivity index (χ0n) is 28.2. The van der Waals surface area contributed by atoms with Gasteiger partial charge >= 0.3 is 5.97 Å². The molecule has 0 radical (unpaired) electrons. The molecule has 1 aliphatic heterocycles. The predicted molar refractivity (Wildman–Crippen MR) is 183 cm³/mol. The summed E-state index contributed by atoms with van der Waals surface area (Å²) in [4.78, 5) is 41.8. The molecule has 1 aliphatic rings. The lowest BCUT2D eigenvalue weighted by Crippen LogP contribution is -2.36. The average molecular weight is 670 g/mol. The van der Waals surface area contributed by atoms with Crippen LogP contribution in [0.2, 0.25) is 0 Å². The van der Waals surface area contributed by atoms with E-state index in [1.165, 1.54) is 30.6 Å². The molecule has 6 rings (SSSR count). The number of amides is 1. The Morgan fingerprint density at radius 2 is 1.86 bits per heavy atom. The number of aromatic nitrogens is 4. The van der Waals surface area contributed by atoms with Gasteiger partial charge in [-0.05, 0) is 67.3 Å². The molecule has 1 unspecified atom stereocenters. The van der Waals surface area contributed by atoms with Crippen LogP contribution in [0.3, 0.4) is 0 Å². The number of nitrogens with one attached hydrogen (secondary N) is 2. The molecule has 0 saturated heterocycles. The SMILES string of the molecule is CN1CC(C)(C)CCCC(C)(c2cccc(CCC(=O)O)c2)c2cnc([nH]2)-c2cc(ccc2F)Oc2c(F)cc3[nH]cnc3c2CCC1=O. The monoisotopic (exact) mass is 669 g/mol. The van der Waals surface area contributed by atoms with Crippen LogP contribution in [0.4, 0.5) is 8.78 Å². The predicted octanol–water partition coefficient (Wildman–Crippen LogP) is 7.95. The van der Waals surface area contributed by atoms with Crippen molar-refractivity contribution in [2.24, 2.45) is 5.41 Å². The van der Waals surface area contributed by atoms with E-state index in [0.717, 1.165) is 29.7 Å². The van der Waals surface area contributed by atoms with E-state index in [1.54, 1.807) is 18.1 Å². The minimum absolute atomic E-state index is 0.0213. The molecule has 3 N–H and O–H groups in total. The van der Waals surface area contributed by atoms with Crippen LogP contribution in [0.25, 0.3) is 22.4 Å². The summed E-state index contributed by atoms with van der Waals surface area (Å²) in [6, 6.07) is 13.4. The number of carbonyl (C=O) groups excluding carboxylic acids is 1. The number of carboxylic acids is 1. The maximum absolute atomic E-state index is 15.6. The number of benzene rings is 3. The largest absolute Gasteiger partial charge is 0.481 e. The van der Waals surface area contributed by atoms with Crippen LogP contribution in [-0.2, 0) is 27.8 Å². The smallest absolute Gasteiger partial charge is 0.303 e. The van der Waals surface area contributed by atoms with E-state index in [-0.39, 0.29) is 47.6 Å². The zero-order valence-corrected chi connectivity index (χ0v) is 28.2. The molecule has 49 heavy (non-hydrogen) atoms. The number of rotatable bonds is 4. The van der Waals surface area contributed by atoms with Gasteiger partial charge in [-0.15, -0.1) is 0 Å². The molecular formula is C38H41F2N5O4. The first-order valence-electron chi connectivity index (χ1n) is 16.6. The molecule has 0 fully saturated rings. The number of hydrogen-bond acceptors (Lipinski definition) is 5. The van der Waals surface area contributed by atoms with E-state index < -0.39 is 23.0 Å². The van der Waals surface area contributed by atoms with Crippen molar-refractivity contribution < 1.29 is 28.2 Å². The van der Waals surface area contributed by atoms with E-state index in [0.29, 0.717) is 41.8 Å². The molecule has 3 aromatic carbocycles. The number of H-pyrrole nitrogens is 2. The van der Waals surface area contributed by atoms with Crippen molar-refractivity contribution in [2.45, 2.75) is 71.1 Å². The minimum Gasteiger partial charge on any atom is -0.481 e. The Morgan fingerprint density at radius 1 is 1.04 bits per heavy atom. The Labute approximate surface area is 283 Å². The molecule has 11 heteroatoms. The number of fused-ring (bicyclic) bond motifs is 8. The third-order valence-corrected chi connectivity index (χ3v) is 9.70. The van der Waals surface area contributed by atoms with Crippen molar-refractivity contribution in [3.05, 3.63) is 95.1 Å². The number of aryl methyl sites for hydroxylation is 2. The summed E-state index contributed by atoms with van der Waals surface area (Å²) in [6.07, 6.45) is 6.24. The van der Waals surface area contributed by atoms with Gasteiger partial charge in [-0.25, -0.2) is 18.7 Å². The summed E-state index contributed by atoms with van der Waals surface area (Å²) in [7, 11) is 1.79. The number of imidazole rings is 2. The van der Waals surface area contributed by atoms with Crippen molar-refractivity contribution in [3.63, 3.8) is 0 Å². The Morgan fingerprint density at radius 3 is 2.65 bits per heavy atom. The second-order valence-corrected chi connectivity index (χ2v) is 14.0. The quantitative estimate of drug-likeness (QED) is 0.179. The molecule has 0 saturated carbocycles. The van der Waals surface area contributed by atoms with E-state index in [9.17, 15) is 14.7 Å². The third kappa shape index (κ3) is 7.21. The third-order valence-electron chi connectivity index (χ3n) is 9.70. The summed E-state index contributed by atoms with van der Waals surface area (Å²) in [6.45, 7) is 6.91. The van der Waals surface area contributed by atoms with Crippen LogP contribution in [0.5, 0.6) is 11.5 Å². The Bertz CT molecular complexity index is 2020. The highest BCUT2D eigenvalue weighted by molar-refractivity contribution is 5.83. The summed E-state index contributed by atoms with van der Waals surface area (Å²) < 4.78 is 37.2. The average Bonchev–Trinajstić information content (AvgIpc) is 3.74. The van der Waals surface area contributed by atoms with E-state index in [4.69, 9.17) is 4.74 Å². The van der Waals surface area contributed by atoms with Crippen LogP contribution in [0.1, 0.15) is 75.3 Å². The molecule has 5 aromatic rings. The maximum Gasteiger partial charge on any atom is 0.303 e. The molecule has 1 atom stereocenters. The number of carboxylic acid groups (broad SMARTS) is 1. The van der Waals surface area contributed by atoms with Crippen LogP contribution in [0, 0.1) is 17.0 Å². The highest BCUT2D eigenvalue weighted by atomic mass is 19.1. The topological polar surface area (TPSA) is 124 Å². The van der Waals surface area contributed by atoms with Gasteiger partial charge in [-0.3, -0.25) is 9.59 Å². The number of nitrogens with zero attached hydrogens (tertiary/aromatic N) is 3. The van der Waals surface area contributed by atoms with E-state index >= 15 is 8.78 Å². The van der Waals surface area contributed by atoms with Crippen LogP contribution < -0.4 is 4.74 Å². The standard InChI is InChI=1S/C38H41F2N5O4/c1-37(2)15-6-16-38(3,24-8-5-7-23(17-24)9-14-33(47)48)31-20-41-36(44-31)27-18-25(10-12-28(27)39)49-35-26(11-13-32(46)45(4)21-37)34-30(19-29(35)40)42-22-43-34/h5,7-8,10,12,17-20,22H,6,9,11,13-16,21H2,1-4H3,(H,41,44)(H,42,43)(H,47,48). The highest BCUT2D eigenvalue weighted by Crippen LogP contribution is 2.41.